The van der Waals surface area contributed by atoms with Gasteiger partial charge in [-0.2, -0.15) is 4.68 Å². The van der Waals surface area contributed by atoms with Crippen LogP contribution in [0.3, 0.4) is 0 Å². The number of carbonyl (C=O) groups is 1. The number of benzene rings is 4. The average molecular weight is 604 g/mol. The van der Waals surface area contributed by atoms with Gasteiger partial charge in [0, 0.05) is 12.0 Å². The Labute approximate surface area is 264 Å². The maximum Gasteiger partial charge on any atom is 0.355 e. The van der Waals surface area contributed by atoms with Gasteiger partial charge in [0.15, 0.2) is 0 Å². The maximum atomic E-state index is 13.7. The quantitative estimate of drug-likeness (QED) is 0.169. The van der Waals surface area contributed by atoms with Gasteiger partial charge in [-0.05, 0) is 90.8 Å². The van der Waals surface area contributed by atoms with Crippen molar-refractivity contribution in [2.75, 3.05) is 6.61 Å². The Hall–Kier alpha value is -4.91. The van der Waals surface area contributed by atoms with E-state index in [0.29, 0.717) is 24.3 Å². The van der Waals surface area contributed by atoms with E-state index in [1.165, 1.54) is 15.8 Å². The van der Waals surface area contributed by atoms with Crippen LogP contribution in [0, 0.1) is 6.92 Å². The molecule has 45 heavy (non-hydrogen) atoms. The number of nitrogens with zero attached hydrogens (tertiary/aromatic N) is 3. The Morgan fingerprint density at radius 3 is 2.11 bits per heavy atom. The first-order valence-corrected chi connectivity index (χ1v) is 15.5. The molecule has 4 aromatic carbocycles. The Morgan fingerprint density at radius 1 is 0.844 bits per heavy atom. The summed E-state index contributed by atoms with van der Waals surface area (Å²) in [5, 5.41) is 14.2. The van der Waals surface area contributed by atoms with E-state index in [0.717, 1.165) is 46.7 Å². The van der Waals surface area contributed by atoms with Crippen LogP contribution in [-0.2, 0) is 29.5 Å². The van der Waals surface area contributed by atoms with Crippen molar-refractivity contribution in [3.05, 3.63) is 130 Å². The molecule has 1 heterocycles. The van der Waals surface area contributed by atoms with E-state index < -0.39 is 5.97 Å². The largest absolute Gasteiger partial charge is 0.494 e. The van der Waals surface area contributed by atoms with Crippen LogP contribution in [0.2, 0.25) is 0 Å². The number of aryl methyl sites for hydroxylation is 3. The summed E-state index contributed by atoms with van der Waals surface area (Å²) in [4.78, 5) is 25.1. The zero-order valence-electron chi connectivity index (χ0n) is 26.7. The third-order valence-corrected chi connectivity index (χ3v) is 7.97. The van der Waals surface area contributed by atoms with Crippen LogP contribution in [0.5, 0.6) is 5.75 Å². The van der Waals surface area contributed by atoms with Gasteiger partial charge in [0.1, 0.15) is 11.6 Å². The first kappa shape index (κ1) is 31.5. The second kappa shape index (κ2) is 13.4. The van der Waals surface area contributed by atoms with Crippen LogP contribution in [-0.4, -0.2) is 32.0 Å². The summed E-state index contributed by atoms with van der Waals surface area (Å²) in [6.45, 7) is 10.9. The van der Waals surface area contributed by atoms with Crippen LogP contribution >= 0.6 is 0 Å². The maximum absolute atomic E-state index is 13.7. The molecule has 0 saturated carbocycles. The second-order valence-corrected chi connectivity index (χ2v) is 12.5. The van der Waals surface area contributed by atoms with E-state index >= 15 is 0 Å². The van der Waals surface area contributed by atoms with E-state index in [9.17, 15) is 14.7 Å². The van der Waals surface area contributed by atoms with Gasteiger partial charge in [0.2, 0.25) is 0 Å². The van der Waals surface area contributed by atoms with Crippen molar-refractivity contribution >= 4 is 5.97 Å². The monoisotopic (exact) mass is 603 g/mol. The summed E-state index contributed by atoms with van der Waals surface area (Å²) in [7, 11) is 0. The Kier molecular flexibility index (Phi) is 9.37. The minimum absolute atomic E-state index is 0.0155. The molecule has 0 aliphatic rings. The lowest BCUT2D eigenvalue weighted by Gasteiger charge is -2.19. The number of aliphatic carboxylic acids is 1. The van der Waals surface area contributed by atoms with Crippen LogP contribution in [0.1, 0.15) is 62.2 Å². The van der Waals surface area contributed by atoms with E-state index in [2.05, 4.69) is 57.2 Å². The highest BCUT2D eigenvalue weighted by molar-refractivity contribution is 5.74. The SMILES string of the molecule is CCOc1ccc(-c2ccc(CCCc3nn(-c4ccc(C)cc4)c(=O)n3-c3ccc(C(C)(C)C)cc3)cc2)cc1CC(=O)O. The van der Waals surface area contributed by atoms with Gasteiger partial charge in [-0.3, -0.25) is 4.79 Å². The highest BCUT2D eigenvalue weighted by atomic mass is 16.5. The number of hydrogen-bond donors (Lipinski definition) is 1. The fraction of sp³-hybridized carbons (Fsp3) is 0.289. The molecule has 0 unspecified atom stereocenters. The summed E-state index contributed by atoms with van der Waals surface area (Å²) in [5.41, 5.74) is 7.52. The number of rotatable bonds is 11. The summed E-state index contributed by atoms with van der Waals surface area (Å²) < 4.78 is 8.86. The van der Waals surface area contributed by atoms with E-state index in [4.69, 9.17) is 9.84 Å². The molecule has 7 heteroatoms. The first-order valence-electron chi connectivity index (χ1n) is 15.5. The summed E-state index contributed by atoms with van der Waals surface area (Å²) in [6.07, 6.45) is 2.18. The molecule has 0 amide bonds. The van der Waals surface area contributed by atoms with Crippen molar-refractivity contribution in [2.45, 2.75) is 65.7 Å². The predicted molar refractivity (Wildman–Crippen MR) is 179 cm³/mol. The summed E-state index contributed by atoms with van der Waals surface area (Å²) in [5.74, 6) is 0.439. The highest BCUT2D eigenvalue weighted by Gasteiger charge is 2.18. The Bertz CT molecular complexity index is 1830. The van der Waals surface area contributed by atoms with Gasteiger partial charge in [-0.25, -0.2) is 9.36 Å². The third-order valence-electron chi connectivity index (χ3n) is 7.97. The number of aromatic nitrogens is 3. The van der Waals surface area contributed by atoms with Gasteiger partial charge < -0.3 is 9.84 Å². The zero-order valence-corrected chi connectivity index (χ0v) is 26.7. The number of ether oxygens (including phenoxy) is 1. The molecule has 5 aromatic rings. The van der Waals surface area contributed by atoms with Gasteiger partial charge in [-0.1, -0.05) is 80.9 Å². The average Bonchev–Trinajstić information content (AvgIpc) is 3.33. The van der Waals surface area contributed by atoms with Crippen molar-refractivity contribution in [1.82, 2.24) is 14.3 Å². The van der Waals surface area contributed by atoms with Crippen molar-refractivity contribution in [2.24, 2.45) is 0 Å². The van der Waals surface area contributed by atoms with E-state index in [1.807, 2.05) is 68.4 Å². The van der Waals surface area contributed by atoms with Crippen LogP contribution in [0.25, 0.3) is 22.5 Å². The number of carboxylic acids is 1. The molecule has 0 radical (unpaired) electrons. The van der Waals surface area contributed by atoms with Gasteiger partial charge in [-0.15, -0.1) is 5.10 Å². The molecule has 0 spiro atoms. The normalized spacial score (nSPS) is 11.5. The lowest BCUT2D eigenvalue weighted by atomic mass is 9.87. The molecule has 1 N–H and O–H groups in total. The molecule has 0 aliphatic heterocycles. The lowest BCUT2D eigenvalue weighted by molar-refractivity contribution is -0.136. The first-order chi connectivity index (χ1) is 21.5. The number of hydrogen-bond acceptors (Lipinski definition) is 4. The molecule has 0 fully saturated rings. The van der Waals surface area contributed by atoms with Gasteiger partial charge in [0.05, 0.1) is 24.4 Å². The van der Waals surface area contributed by atoms with Crippen molar-refractivity contribution in [3.8, 4) is 28.3 Å². The molecule has 0 atom stereocenters. The summed E-state index contributed by atoms with van der Waals surface area (Å²) >= 11 is 0. The van der Waals surface area contributed by atoms with Gasteiger partial charge >= 0.3 is 11.7 Å². The standard InChI is InChI=1S/C38H41N3O4/c1-6-45-34-23-16-29(24-30(34)25-36(42)43)28-14-12-27(13-15-28)8-7-9-35-39-41(33-19-10-26(2)11-20-33)37(44)40(35)32-21-17-31(18-22-32)38(3,4)5/h10-24H,6-9,25H2,1-5H3,(H,42,43). The molecular formula is C38H41N3O4. The Balaban J connectivity index is 1.36. The summed E-state index contributed by atoms with van der Waals surface area (Å²) in [6, 6.07) is 30.1. The Morgan fingerprint density at radius 2 is 1.49 bits per heavy atom. The van der Waals surface area contributed by atoms with E-state index in [1.54, 1.807) is 4.57 Å². The van der Waals surface area contributed by atoms with E-state index in [-0.39, 0.29) is 17.5 Å². The third kappa shape index (κ3) is 7.43. The molecule has 7 nitrogen and oxygen atoms in total. The minimum Gasteiger partial charge on any atom is -0.494 e. The molecular weight excluding hydrogens is 562 g/mol. The molecule has 0 saturated heterocycles. The number of carboxylic acid groups (broad SMARTS) is 1. The van der Waals surface area contributed by atoms with Crippen molar-refractivity contribution < 1.29 is 14.6 Å². The van der Waals surface area contributed by atoms with Crippen molar-refractivity contribution in [3.63, 3.8) is 0 Å². The van der Waals surface area contributed by atoms with Gasteiger partial charge in [0.25, 0.3) is 0 Å². The second-order valence-electron chi connectivity index (χ2n) is 12.5. The van der Waals surface area contributed by atoms with Crippen LogP contribution in [0.4, 0.5) is 0 Å². The lowest BCUT2D eigenvalue weighted by Crippen LogP contribution is -2.23. The van der Waals surface area contributed by atoms with Crippen LogP contribution in [0.15, 0.2) is 95.8 Å². The van der Waals surface area contributed by atoms with Crippen LogP contribution < -0.4 is 10.4 Å². The predicted octanol–water partition coefficient (Wildman–Crippen LogP) is 7.50. The molecule has 0 bridgehead atoms. The molecule has 232 valence electrons. The topological polar surface area (TPSA) is 86.4 Å². The smallest absolute Gasteiger partial charge is 0.355 e. The molecule has 0 aliphatic carbocycles. The van der Waals surface area contributed by atoms with Crippen molar-refractivity contribution in [1.29, 1.82) is 0 Å². The highest BCUT2D eigenvalue weighted by Crippen LogP contribution is 2.28. The fourth-order valence-electron chi connectivity index (χ4n) is 5.46. The minimum atomic E-state index is -0.889. The molecule has 1 aromatic heterocycles. The molecule has 5 rings (SSSR count). The fourth-order valence-corrected chi connectivity index (χ4v) is 5.46. The zero-order chi connectivity index (χ0) is 32.1.